The van der Waals surface area contributed by atoms with Crippen LogP contribution in [0, 0.1) is 0 Å². The Kier molecular flexibility index (Phi) is 8.73. The number of thioether (sulfide) groups is 1. The first kappa shape index (κ1) is 25.3. The second kappa shape index (κ2) is 11.7. The first-order chi connectivity index (χ1) is 16.3. The molecule has 0 aliphatic carbocycles. The molecule has 0 saturated carbocycles. The van der Waals surface area contributed by atoms with Crippen molar-refractivity contribution in [3.05, 3.63) is 46.3 Å². The van der Waals surface area contributed by atoms with Gasteiger partial charge in [-0.15, -0.1) is 11.3 Å². The van der Waals surface area contributed by atoms with Gasteiger partial charge < -0.3 is 14.8 Å². The van der Waals surface area contributed by atoms with Gasteiger partial charge in [-0.05, 0) is 26.0 Å². The third-order valence-electron chi connectivity index (χ3n) is 4.16. The van der Waals surface area contributed by atoms with Crippen LogP contribution in [0.15, 0.2) is 40.6 Å². The zero-order valence-corrected chi connectivity index (χ0v) is 20.6. The summed E-state index contributed by atoms with van der Waals surface area (Å²) in [6.45, 7) is 3.13. The van der Waals surface area contributed by atoms with E-state index in [4.69, 9.17) is 21.7 Å². The van der Waals surface area contributed by atoms with Crippen LogP contribution >= 0.6 is 35.3 Å². The van der Waals surface area contributed by atoms with Crippen LogP contribution in [0.4, 0.5) is 15.6 Å². The number of urea groups is 1. The highest BCUT2D eigenvalue weighted by Crippen LogP contribution is 2.38. The maximum Gasteiger partial charge on any atom is 0.341 e. The lowest BCUT2D eigenvalue weighted by Crippen LogP contribution is -2.34. The highest BCUT2D eigenvalue weighted by atomic mass is 32.2. The van der Waals surface area contributed by atoms with Crippen molar-refractivity contribution >= 4 is 79.9 Å². The molecule has 0 spiro atoms. The van der Waals surface area contributed by atoms with E-state index in [0.29, 0.717) is 5.69 Å². The Morgan fingerprint density at radius 1 is 1.09 bits per heavy atom. The highest BCUT2D eigenvalue weighted by molar-refractivity contribution is 8.26. The number of aromatic nitrogens is 1. The average molecular weight is 521 g/mol. The summed E-state index contributed by atoms with van der Waals surface area (Å²) in [4.78, 5) is 55.2. The molecule has 2 aromatic rings. The Labute approximate surface area is 208 Å². The van der Waals surface area contributed by atoms with E-state index in [1.807, 2.05) is 6.07 Å². The van der Waals surface area contributed by atoms with Gasteiger partial charge in [-0.25, -0.2) is 14.6 Å². The van der Waals surface area contributed by atoms with Crippen molar-refractivity contribution in [1.29, 1.82) is 0 Å². The van der Waals surface area contributed by atoms with Crippen molar-refractivity contribution in [3.63, 3.8) is 0 Å². The molecule has 2 heterocycles. The van der Waals surface area contributed by atoms with E-state index in [9.17, 15) is 19.2 Å². The summed E-state index contributed by atoms with van der Waals surface area (Å²) in [5.74, 6) is -2.03. The van der Waals surface area contributed by atoms with E-state index in [-0.39, 0.29) is 45.4 Å². The standard InChI is InChI=1S/C21H20N4O6S3/c1-3-30-14(26)10-25-17(27)16(34-21(25)32)15(18(28)31-4-2)13-11-33-20(23-13)24-19(29)22-12-8-6-5-7-9-12/h5-9,11H,3-4,10H2,1-2H3,(H2,22,23,24,29)/b16-15-. The smallest absolute Gasteiger partial charge is 0.341 e. The minimum absolute atomic E-state index is 0.0154. The van der Waals surface area contributed by atoms with Crippen molar-refractivity contribution in [3.8, 4) is 0 Å². The van der Waals surface area contributed by atoms with Gasteiger partial charge >= 0.3 is 18.0 Å². The van der Waals surface area contributed by atoms with Gasteiger partial charge in [0.05, 0.1) is 23.8 Å². The summed E-state index contributed by atoms with van der Waals surface area (Å²) in [7, 11) is 0. The number of nitrogens with one attached hydrogen (secondary N) is 2. The summed E-state index contributed by atoms with van der Waals surface area (Å²) in [6, 6.07) is 8.31. The number of amides is 3. The topological polar surface area (TPSA) is 127 Å². The van der Waals surface area contributed by atoms with Crippen LogP contribution in [0.25, 0.3) is 5.57 Å². The van der Waals surface area contributed by atoms with E-state index in [0.717, 1.165) is 28.0 Å². The molecule has 1 aromatic carbocycles. The van der Waals surface area contributed by atoms with Crippen molar-refractivity contribution in [2.45, 2.75) is 13.8 Å². The number of anilines is 2. The maximum absolute atomic E-state index is 13.0. The number of ether oxygens (including phenoxy) is 2. The number of thiazole rings is 1. The number of hydrogen-bond donors (Lipinski definition) is 2. The molecule has 1 fully saturated rings. The highest BCUT2D eigenvalue weighted by Gasteiger charge is 2.39. The van der Waals surface area contributed by atoms with Crippen LogP contribution < -0.4 is 10.6 Å². The minimum Gasteiger partial charge on any atom is -0.465 e. The molecule has 0 radical (unpaired) electrons. The molecular formula is C21H20N4O6S3. The molecule has 1 aromatic heterocycles. The van der Waals surface area contributed by atoms with Crippen molar-refractivity contribution in [2.24, 2.45) is 0 Å². The molecule has 3 rings (SSSR count). The lowest BCUT2D eigenvalue weighted by atomic mass is 10.2. The molecule has 0 unspecified atom stereocenters. The van der Waals surface area contributed by atoms with Gasteiger partial charge in [-0.1, -0.05) is 42.2 Å². The van der Waals surface area contributed by atoms with Crippen LogP contribution in [0.2, 0.25) is 0 Å². The van der Waals surface area contributed by atoms with Gasteiger partial charge in [-0.3, -0.25) is 19.8 Å². The number of rotatable bonds is 8. The number of benzene rings is 1. The van der Waals surface area contributed by atoms with E-state index in [1.165, 1.54) is 5.38 Å². The molecule has 10 nitrogen and oxygen atoms in total. The van der Waals surface area contributed by atoms with Gasteiger partial charge in [0.1, 0.15) is 16.4 Å². The molecule has 2 N–H and O–H groups in total. The van der Waals surface area contributed by atoms with Gasteiger partial charge in [0.25, 0.3) is 5.91 Å². The second-order valence-corrected chi connectivity index (χ2v) is 8.97. The number of carbonyl (C=O) groups is 4. The number of hydrogen-bond acceptors (Lipinski definition) is 10. The van der Waals surface area contributed by atoms with Crippen molar-refractivity contribution < 1.29 is 28.7 Å². The first-order valence-electron chi connectivity index (χ1n) is 10.0. The van der Waals surface area contributed by atoms with Crippen LogP contribution in [0.3, 0.4) is 0 Å². The third kappa shape index (κ3) is 6.18. The number of carbonyl (C=O) groups excluding carboxylic acids is 4. The van der Waals surface area contributed by atoms with Gasteiger partial charge in [0, 0.05) is 11.1 Å². The molecule has 178 valence electrons. The fourth-order valence-electron chi connectivity index (χ4n) is 2.77. The third-order valence-corrected chi connectivity index (χ3v) is 6.37. The molecule has 0 atom stereocenters. The Morgan fingerprint density at radius 2 is 1.79 bits per heavy atom. The summed E-state index contributed by atoms with van der Waals surface area (Å²) >= 11 is 7.17. The summed E-state index contributed by atoms with van der Waals surface area (Å²) in [6.07, 6.45) is 0. The number of esters is 2. The van der Waals surface area contributed by atoms with Crippen LogP contribution in [0.5, 0.6) is 0 Å². The quantitative estimate of drug-likeness (QED) is 0.305. The molecule has 1 aliphatic rings. The Morgan fingerprint density at radius 3 is 2.47 bits per heavy atom. The number of para-hydroxylation sites is 1. The molecule has 1 saturated heterocycles. The zero-order valence-electron chi connectivity index (χ0n) is 18.2. The van der Waals surface area contributed by atoms with Crippen LogP contribution in [-0.4, -0.2) is 57.8 Å². The summed E-state index contributed by atoms with van der Waals surface area (Å²) in [5, 5.41) is 6.97. The predicted octanol–water partition coefficient (Wildman–Crippen LogP) is 3.48. The van der Waals surface area contributed by atoms with Crippen molar-refractivity contribution in [2.75, 3.05) is 30.4 Å². The molecular weight excluding hydrogens is 500 g/mol. The fraction of sp³-hybridized carbons (Fsp3) is 0.238. The lowest BCUT2D eigenvalue weighted by molar-refractivity contribution is -0.145. The molecule has 13 heteroatoms. The van der Waals surface area contributed by atoms with E-state index >= 15 is 0 Å². The van der Waals surface area contributed by atoms with Crippen LogP contribution in [0.1, 0.15) is 19.5 Å². The SMILES string of the molecule is CCOC(=O)CN1C(=O)/C(=C(/C(=O)OCC)c2csc(NC(=O)Nc3ccccc3)n2)SC1=S. The Bertz CT molecular complexity index is 1150. The van der Waals surface area contributed by atoms with Crippen LogP contribution in [-0.2, 0) is 23.9 Å². The normalized spacial score (nSPS) is 14.6. The number of nitrogens with zero attached hydrogens (tertiary/aromatic N) is 2. The van der Waals surface area contributed by atoms with Gasteiger partial charge in [0.15, 0.2) is 5.13 Å². The molecule has 34 heavy (non-hydrogen) atoms. The summed E-state index contributed by atoms with van der Waals surface area (Å²) < 4.78 is 10.1. The van der Waals surface area contributed by atoms with Gasteiger partial charge in [0.2, 0.25) is 0 Å². The molecule has 3 amide bonds. The fourth-order valence-corrected chi connectivity index (χ4v) is 4.78. The molecule has 0 bridgehead atoms. The van der Waals surface area contributed by atoms with Crippen molar-refractivity contribution in [1.82, 2.24) is 9.88 Å². The monoisotopic (exact) mass is 520 g/mol. The average Bonchev–Trinajstić information content (AvgIpc) is 3.35. The Hall–Kier alpha value is -3.29. The minimum atomic E-state index is -0.773. The Balaban J connectivity index is 1.85. The number of thiocarbonyl (C=S) groups is 1. The van der Waals surface area contributed by atoms with Gasteiger partial charge in [-0.2, -0.15) is 0 Å². The van der Waals surface area contributed by atoms with E-state index in [2.05, 4.69) is 15.6 Å². The molecule has 1 aliphatic heterocycles. The second-order valence-electron chi connectivity index (χ2n) is 6.47. The predicted molar refractivity (Wildman–Crippen MR) is 133 cm³/mol. The first-order valence-corrected chi connectivity index (χ1v) is 12.1. The van der Waals surface area contributed by atoms with E-state index in [1.54, 1.807) is 38.1 Å². The van der Waals surface area contributed by atoms with E-state index < -0.39 is 23.9 Å². The zero-order chi connectivity index (χ0) is 24.7. The summed E-state index contributed by atoms with van der Waals surface area (Å²) in [5.41, 5.74) is 0.627. The largest absolute Gasteiger partial charge is 0.465 e. The maximum atomic E-state index is 13.0. The lowest BCUT2D eigenvalue weighted by Gasteiger charge is -2.13.